The first kappa shape index (κ1) is 19.3. The van der Waals surface area contributed by atoms with Crippen molar-refractivity contribution in [1.29, 1.82) is 0 Å². The summed E-state index contributed by atoms with van der Waals surface area (Å²) in [7, 11) is 0. The maximum Gasteiger partial charge on any atom is 0.229 e. The average molecular weight is 409 g/mol. The molecule has 0 saturated carbocycles. The summed E-state index contributed by atoms with van der Waals surface area (Å²) < 4.78 is 11.2. The van der Waals surface area contributed by atoms with Crippen molar-refractivity contribution in [3.63, 3.8) is 0 Å². The van der Waals surface area contributed by atoms with Crippen molar-refractivity contribution in [2.75, 3.05) is 55.9 Å². The molecule has 158 valence electrons. The van der Waals surface area contributed by atoms with Crippen LogP contribution in [0.15, 0.2) is 24.3 Å². The maximum absolute atomic E-state index is 5.65. The molecule has 4 heterocycles. The summed E-state index contributed by atoms with van der Waals surface area (Å²) in [5.41, 5.74) is 3.95. The lowest BCUT2D eigenvalue weighted by Gasteiger charge is -2.35. The summed E-state index contributed by atoms with van der Waals surface area (Å²) in [6, 6.07) is 8.74. The molecule has 2 fully saturated rings. The molecule has 0 aliphatic carbocycles. The van der Waals surface area contributed by atoms with Gasteiger partial charge in [-0.25, -0.2) is 4.98 Å². The van der Waals surface area contributed by atoms with E-state index >= 15 is 0 Å². The molecule has 0 amide bonds. The largest absolute Gasteiger partial charge is 0.378 e. The summed E-state index contributed by atoms with van der Waals surface area (Å²) in [5, 5.41) is 0. The standard InChI is InChI=1S/C22H28N6O2/c1-3-16-5-4-6-17(13-16)19-23-18-20(24-19)25-22(27-7-10-29-11-8-27)26-21(18)28-9-12-30-14-15(28)2/h4-6,13,15H,3,7-12,14H2,1-2H3,(H,23,24,25,26)/t15-/m0/s1. The van der Waals surface area contributed by atoms with Crippen LogP contribution in [0.4, 0.5) is 11.8 Å². The van der Waals surface area contributed by atoms with Gasteiger partial charge in [-0.3, -0.25) is 0 Å². The van der Waals surface area contributed by atoms with Crippen LogP contribution in [0, 0.1) is 0 Å². The first-order valence-electron chi connectivity index (χ1n) is 10.8. The van der Waals surface area contributed by atoms with E-state index < -0.39 is 0 Å². The molecule has 3 aromatic rings. The van der Waals surface area contributed by atoms with Crippen LogP contribution in [0.3, 0.4) is 0 Å². The molecule has 30 heavy (non-hydrogen) atoms. The lowest BCUT2D eigenvalue weighted by molar-refractivity contribution is 0.0986. The Balaban J connectivity index is 1.63. The number of aromatic amines is 1. The number of hydrogen-bond acceptors (Lipinski definition) is 7. The molecule has 5 rings (SSSR count). The molecule has 0 spiro atoms. The van der Waals surface area contributed by atoms with Crippen molar-refractivity contribution in [1.82, 2.24) is 19.9 Å². The Hall–Kier alpha value is -2.71. The fourth-order valence-corrected chi connectivity index (χ4v) is 4.10. The van der Waals surface area contributed by atoms with Gasteiger partial charge in [0.15, 0.2) is 11.5 Å². The van der Waals surface area contributed by atoms with E-state index in [9.17, 15) is 0 Å². The van der Waals surface area contributed by atoms with E-state index in [1.165, 1.54) is 5.56 Å². The first-order valence-corrected chi connectivity index (χ1v) is 10.8. The van der Waals surface area contributed by atoms with Gasteiger partial charge in [0.25, 0.3) is 0 Å². The molecule has 1 aromatic carbocycles. The SMILES string of the molecule is CCc1cccc(-c2nc3nc(N4CCOCC4)nc(N4CCOC[C@@H]4C)c3[nH]2)c1. The number of ether oxygens (including phenoxy) is 2. The van der Waals surface area contributed by atoms with E-state index in [-0.39, 0.29) is 6.04 Å². The quantitative estimate of drug-likeness (QED) is 0.711. The van der Waals surface area contributed by atoms with Gasteiger partial charge < -0.3 is 24.3 Å². The van der Waals surface area contributed by atoms with E-state index in [4.69, 9.17) is 24.4 Å². The normalized spacial score (nSPS) is 20.1. The summed E-state index contributed by atoms with van der Waals surface area (Å²) >= 11 is 0. The van der Waals surface area contributed by atoms with Gasteiger partial charge in [-0.05, 0) is 25.0 Å². The molecule has 8 nitrogen and oxygen atoms in total. The topological polar surface area (TPSA) is 79.4 Å². The number of H-pyrrole nitrogens is 1. The van der Waals surface area contributed by atoms with Crippen LogP contribution in [0.1, 0.15) is 19.4 Å². The molecular weight excluding hydrogens is 380 g/mol. The van der Waals surface area contributed by atoms with Crippen molar-refractivity contribution in [2.24, 2.45) is 0 Å². The molecule has 2 aliphatic heterocycles. The second-order valence-electron chi connectivity index (χ2n) is 7.90. The second-order valence-corrected chi connectivity index (χ2v) is 7.90. The predicted molar refractivity (Wildman–Crippen MR) is 117 cm³/mol. The fourth-order valence-electron chi connectivity index (χ4n) is 4.10. The number of hydrogen-bond donors (Lipinski definition) is 1. The van der Waals surface area contributed by atoms with Crippen LogP contribution in [0.2, 0.25) is 0 Å². The van der Waals surface area contributed by atoms with Crippen molar-refractivity contribution in [3.8, 4) is 11.4 Å². The minimum atomic E-state index is 0.240. The van der Waals surface area contributed by atoms with Crippen LogP contribution in [0.5, 0.6) is 0 Å². The van der Waals surface area contributed by atoms with Crippen LogP contribution >= 0.6 is 0 Å². The Morgan fingerprint density at radius 2 is 1.90 bits per heavy atom. The van der Waals surface area contributed by atoms with Crippen molar-refractivity contribution >= 4 is 22.9 Å². The van der Waals surface area contributed by atoms with Crippen LogP contribution in [0.25, 0.3) is 22.6 Å². The van der Waals surface area contributed by atoms with Crippen molar-refractivity contribution in [2.45, 2.75) is 26.3 Å². The first-order chi connectivity index (χ1) is 14.7. The van der Waals surface area contributed by atoms with Crippen LogP contribution in [-0.4, -0.2) is 72.0 Å². The molecule has 8 heteroatoms. The minimum Gasteiger partial charge on any atom is -0.378 e. The summed E-state index contributed by atoms with van der Waals surface area (Å²) in [6.07, 6.45) is 0.992. The summed E-state index contributed by atoms with van der Waals surface area (Å²) in [6.45, 7) is 9.49. The third-order valence-electron chi connectivity index (χ3n) is 5.86. The second kappa shape index (κ2) is 8.20. The highest BCUT2D eigenvalue weighted by molar-refractivity contribution is 5.87. The molecule has 1 N–H and O–H groups in total. The van der Waals surface area contributed by atoms with Gasteiger partial charge >= 0.3 is 0 Å². The molecule has 2 saturated heterocycles. The number of morpholine rings is 2. The van der Waals surface area contributed by atoms with E-state index in [0.717, 1.165) is 54.7 Å². The van der Waals surface area contributed by atoms with E-state index in [1.807, 2.05) is 0 Å². The smallest absolute Gasteiger partial charge is 0.229 e. The summed E-state index contributed by atoms with van der Waals surface area (Å²) in [4.78, 5) is 22.7. The van der Waals surface area contributed by atoms with Crippen LogP contribution in [-0.2, 0) is 15.9 Å². The number of benzene rings is 1. The van der Waals surface area contributed by atoms with E-state index in [0.29, 0.717) is 32.1 Å². The van der Waals surface area contributed by atoms with Gasteiger partial charge in [0, 0.05) is 25.2 Å². The third-order valence-corrected chi connectivity index (χ3v) is 5.86. The summed E-state index contributed by atoms with van der Waals surface area (Å²) in [5.74, 6) is 2.46. The van der Waals surface area contributed by atoms with Gasteiger partial charge in [0.05, 0.1) is 32.5 Å². The van der Waals surface area contributed by atoms with Crippen LogP contribution < -0.4 is 9.80 Å². The number of imidazole rings is 1. The van der Waals surface area contributed by atoms with Gasteiger partial charge in [-0.1, -0.05) is 25.1 Å². The highest BCUT2D eigenvalue weighted by Crippen LogP contribution is 2.30. The number of aryl methyl sites for hydroxylation is 1. The number of anilines is 2. The number of nitrogens with zero attached hydrogens (tertiary/aromatic N) is 5. The van der Waals surface area contributed by atoms with E-state index in [2.05, 4.69) is 52.9 Å². The molecule has 0 bridgehead atoms. The van der Waals surface area contributed by atoms with E-state index in [1.54, 1.807) is 0 Å². The highest BCUT2D eigenvalue weighted by Gasteiger charge is 2.26. The molecule has 2 aliphatic rings. The number of fused-ring (bicyclic) bond motifs is 1. The molecule has 1 atom stereocenters. The Labute approximate surface area is 176 Å². The molecule has 0 radical (unpaired) electrons. The van der Waals surface area contributed by atoms with Crippen molar-refractivity contribution in [3.05, 3.63) is 29.8 Å². The van der Waals surface area contributed by atoms with Crippen molar-refractivity contribution < 1.29 is 9.47 Å². The monoisotopic (exact) mass is 408 g/mol. The maximum atomic E-state index is 5.65. The fraction of sp³-hybridized carbons (Fsp3) is 0.500. The zero-order valence-corrected chi connectivity index (χ0v) is 17.6. The Bertz CT molecular complexity index is 1030. The Morgan fingerprint density at radius 3 is 2.70 bits per heavy atom. The molecule has 2 aromatic heterocycles. The zero-order chi connectivity index (χ0) is 20.5. The lowest BCUT2D eigenvalue weighted by atomic mass is 10.1. The Morgan fingerprint density at radius 1 is 1.07 bits per heavy atom. The predicted octanol–water partition coefficient (Wildman–Crippen LogP) is 2.64. The van der Waals surface area contributed by atoms with Gasteiger partial charge in [0.1, 0.15) is 11.3 Å². The highest BCUT2D eigenvalue weighted by atomic mass is 16.5. The van der Waals surface area contributed by atoms with Gasteiger partial charge in [0.2, 0.25) is 5.95 Å². The lowest BCUT2D eigenvalue weighted by Crippen LogP contribution is -2.44. The van der Waals surface area contributed by atoms with Gasteiger partial charge in [-0.15, -0.1) is 0 Å². The zero-order valence-electron chi connectivity index (χ0n) is 17.6. The Kier molecular flexibility index (Phi) is 5.26. The number of rotatable bonds is 4. The minimum absolute atomic E-state index is 0.240. The molecule has 0 unspecified atom stereocenters. The number of aromatic nitrogens is 4. The number of nitrogens with one attached hydrogen (secondary N) is 1. The van der Waals surface area contributed by atoms with Gasteiger partial charge in [-0.2, -0.15) is 9.97 Å². The molecular formula is C22H28N6O2. The third kappa shape index (κ3) is 3.61. The average Bonchev–Trinajstić information content (AvgIpc) is 3.24.